The third-order valence-electron chi connectivity index (χ3n) is 4.89. The van der Waals surface area contributed by atoms with E-state index in [1.807, 2.05) is 0 Å². The van der Waals surface area contributed by atoms with Crippen LogP contribution >= 0.6 is 0 Å². The first-order valence-corrected chi connectivity index (χ1v) is 8.33. The molecule has 0 amide bonds. The van der Waals surface area contributed by atoms with Crippen LogP contribution in [0.25, 0.3) is 0 Å². The highest BCUT2D eigenvalue weighted by Gasteiger charge is 2.20. The van der Waals surface area contributed by atoms with E-state index in [1.165, 1.54) is 49.7 Å². The molecule has 1 N–H and O–H groups in total. The smallest absolute Gasteiger partial charge is 0.122 e. The summed E-state index contributed by atoms with van der Waals surface area (Å²) in [5, 5.41) is 3.75. The lowest BCUT2D eigenvalue weighted by atomic mass is 9.83. The van der Waals surface area contributed by atoms with Gasteiger partial charge in [0.25, 0.3) is 0 Å². The van der Waals surface area contributed by atoms with E-state index in [0.717, 1.165) is 37.3 Å². The maximum absolute atomic E-state index is 5.56. The van der Waals surface area contributed by atoms with Gasteiger partial charge < -0.3 is 10.1 Å². The first kappa shape index (κ1) is 13.9. The lowest BCUT2D eigenvalue weighted by Gasteiger charge is -2.29. The molecular formula is C18H27NO. The second-order valence-corrected chi connectivity index (χ2v) is 6.43. The molecule has 1 aromatic rings. The molecule has 20 heavy (non-hydrogen) atoms. The lowest BCUT2D eigenvalue weighted by Crippen LogP contribution is -2.32. The maximum atomic E-state index is 5.56. The van der Waals surface area contributed by atoms with Gasteiger partial charge in [-0.1, -0.05) is 31.9 Å². The average Bonchev–Trinajstić information content (AvgIpc) is 2.94. The van der Waals surface area contributed by atoms with Gasteiger partial charge in [-0.2, -0.15) is 0 Å². The van der Waals surface area contributed by atoms with Crippen molar-refractivity contribution in [1.29, 1.82) is 0 Å². The van der Waals surface area contributed by atoms with E-state index in [9.17, 15) is 0 Å². The molecule has 0 atom stereocenters. The number of rotatable bonds is 5. The normalized spacial score (nSPS) is 25.2. The molecule has 1 fully saturated rings. The minimum atomic E-state index is 0.729. The molecule has 1 heterocycles. The molecular weight excluding hydrogens is 246 g/mol. The Labute approximate surface area is 122 Å². The highest BCUT2D eigenvalue weighted by Crippen LogP contribution is 2.28. The fourth-order valence-electron chi connectivity index (χ4n) is 3.68. The summed E-state index contributed by atoms with van der Waals surface area (Å²) in [4.78, 5) is 0. The fourth-order valence-corrected chi connectivity index (χ4v) is 3.68. The van der Waals surface area contributed by atoms with E-state index >= 15 is 0 Å². The molecule has 2 heteroatoms. The Morgan fingerprint density at radius 1 is 1.20 bits per heavy atom. The molecule has 2 aliphatic rings. The minimum Gasteiger partial charge on any atom is -0.493 e. The molecule has 2 nitrogen and oxygen atoms in total. The van der Waals surface area contributed by atoms with Gasteiger partial charge in [-0.25, -0.2) is 0 Å². The Bertz CT molecular complexity index is 435. The van der Waals surface area contributed by atoms with E-state index in [4.69, 9.17) is 4.74 Å². The highest BCUT2D eigenvalue weighted by atomic mass is 16.5. The van der Waals surface area contributed by atoms with Crippen LogP contribution in [-0.2, 0) is 13.0 Å². The number of hydrogen-bond donors (Lipinski definition) is 1. The zero-order valence-corrected chi connectivity index (χ0v) is 12.7. The zero-order chi connectivity index (χ0) is 13.8. The predicted molar refractivity (Wildman–Crippen MR) is 83.1 cm³/mol. The van der Waals surface area contributed by atoms with Gasteiger partial charge in [0.05, 0.1) is 6.61 Å². The third kappa shape index (κ3) is 3.35. The quantitative estimate of drug-likeness (QED) is 0.873. The number of benzene rings is 1. The Morgan fingerprint density at radius 2 is 2.05 bits per heavy atom. The van der Waals surface area contributed by atoms with Gasteiger partial charge >= 0.3 is 0 Å². The first-order chi connectivity index (χ1) is 9.85. The fraction of sp³-hybridized carbons (Fsp3) is 0.667. The lowest BCUT2D eigenvalue weighted by molar-refractivity contribution is 0.277. The third-order valence-corrected chi connectivity index (χ3v) is 4.89. The summed E-state index contributed by atoms with van der Waals surface area (Å²) in [6, 6.07) is 7.39. The van der Waals surface area contributed by atoms with Crippen LogP contribution in [0.5, 0.6) is 5.75 Å². The number of hydrogen-bond acceptors (Lipinski definition) is 2. The van der Waals surface area contributed by atoms with Crippen LogP contribution < -0.4 is 10.1 Å². The van der Waals surface area contributed by atoms with E-state index in [2.05, 4.69) is 30.4 Å². The van der Waals surface area contributed by atoms with Crippen molar-refractivity contribution < 1.29 is 4.74 Å². The van der Waals surface area contributed by atoms with Crippen LogP contribution in [0.15, 0.2) is 18.2 Å². The molecule has 0 bridgehead atoms. The van der Waals surface area contributed by atoms with E-state index < -0.39 is 0 Å². The van der Waals surface area contributed by atoms with Gasteiger partial charge in [-0.15, -0.1) is 0 Å². The summed E-state index contributed by atoms with van der Waals surface area (Å²) in [7, 11) is 0. The van der Waals surface area contributed by atoms with Crippen LogP contribution in [-0.4, -0.2) is 12.6 Å². The van der Waals surface area contributed by atoms with E-state index in [-0.39, 0.29) is 0 Å². The Morgan fingerprint density at radius 3 is 2.85 bits per heavy atom. The largest absolute Gasteiger partial charge is 0.493 e. The van der Waals surface area contributed by atoms with Crippen molar-refractivity contribution in [3.63, 3.8) is 0 Å². The van der Waals surface area contributed by atoms with Crippen molar-refractivity contribution in [3.8, 4) is 5.75 Å². The standard InChI is InChI=1S/C18H27NO/c1-2-3-14-4-7-17(8-5-14)19-13-15-6-9-18-16(12-15)10-11-20-18/h6,9,12,14,17,19H,2-5,7-8,10-11,13H2,1H3. The molecule has 3 rings (SSSR count). The SMILES string of the molecule is CCCC1CCC(NCc2ccc3c(c2)CCO3)CC1. The second kappa shape index (κ2) is 6.62. The molecule has 1 aliphatic carbocycles. The topological polar surface area (TPSA) is 21.3 Å². The predicted octanol–water partition coefficient (Wildman–Crippen LogP) is 4.07. The molecule has 0 spiro atoms. The van der Waals surface area contributed by atoms with Gasteiger partial charge in [0.15, 0.2) is 0 Å². The van der Waals surface area contributed by atoms with Crippen molar-refractivity contribution in [2.75, 3.05) is 6.61 Å². The van der Waals surface area contributed by atoms with Crippen molar-refractivity contribution in [1.82, 2.24) is 5.32 Å². The van der Waals surface area contributed by atoms with Crippen LogP contribution in [0.2, 0.25) is 0 Å². The average molecular weight is 273 g/mol. The van der Waals surface area contributed by atoms with Gasteiger partial charge in [-0.3, -0.25) is 0 Å². The number of nitrogens with one attached hydrogen (secondary N) is 1. The van der Waals surface area contributed by atoms with Gasteiger partial charge in [0.1, 0.15) is 5.75 Å². The van der Waals surface area contributed by atoms with Crippen LogP contribution in [0.1, 0.15) is 56.6 Å². The molecule has 0 saturated heterocycles. The second-order valence-electron chi connectivity index (χ2n) is 6.43. The number of fused-ring (bicyclic) bond motifs is 1. The van der Waals surface area contributed by atoms with E-state index in [1.54, 1.807) is 0 Å². The van der Waals surface area contributed by atoms with Crippen LogP contribution in [0.4, 0.5) is 0 Å². The van der Waals surface area contributed by atoms with Crippen molar-refractivity contribution in [2.45, 2.75) is 64.5 Å². The summed E-state index contributed by atoms with van der Waals surface area (Å²) < 4.78 is 5.56. The summed E-state index contributed by atoms with van der Waals surface area (Å²) in [6.45, 7) is 4.17. The van der Waals surface area contributed by atoms with Gasteiger partial charge in [0.2, 0.25) is 0 Å². The van der Waals surface area contributed by atoms with Gasteiger partial charge in [0, 0.05) is 19.0 Å². The summed E-state index contributed by atoms with van der Waals surface area (Å²) in [5.74, 6) is 2.09. The molecule has 1 aliphatic heterocycles. The van der Waals surface area contributed by atoms with Crippen molar-refractivity contribution in [3.05, 3.63) is 29.3 Å². The monoisotopic (exact) mass is 273 g/mol. The highest BCUT2D eigenvalue weighted by molar-refractivity contribution is 5.39. The van der Waals surface area contributed by atoms with Crippen molar-refractivity contribution in [2.24, 2.45) is 5.92 Å². The maximum Gasteiger partial charge on any atom is 0.122 e. The molecule has 0 aromatic heterocycles. The molecule has 1 saturated carbocycles. The summed E-state index contributed by atoms with van der Waals surface area (Å²) >= 11 is 0. The Kier molecular flexibility index (Phi) is 4.62. The summed E-state index contributed by atoms with van der Waals surface area (Å²) in [5.41, 5.74) is 2.79. The summed E-state index contributed by atoms with van der Waals surface area (Å²) in [6.07, 6.45) is 9.41. The van der Waals surface area contributed by atoms with Gasteiger partial charge in [-0.05, 0) is 48.8 Å². The molecule has 110 valence electrons. The number of ether oxygens (including phenoxy) is 1. The minimum absolute atomic E-state index is 0.729. The zero-order valence-electron chi connectivity index (χ0n) is 12.7. The molecule has 0 unspecified atom stereocenters. The van der Waals surface area contributed by atoms with Crippen LogP contribution in [0.3, 0.4) is 0 Å². The van der Waals surface area contributed by atoms with E-state index in [0.29, 0.717) is 0 Å². The Balaban J connectivity index is 1.46. The Hall–Kier alpha value is -1.02. The molecule has 1 aromatic carbocycles. The first-order valence-electron chi connectivity index (χ1n) is 8.33. The van der Waals surface area contributed by atoms with Crippen molar-refractivity contribution >= 4 is 0 Å². The molecule has 0 radical (unpaired) electrons. The van der Waals surface area contributed by atoms with Crippen LogP contribution in [0, 0.1) is 5.92 Å².